The Labute approximate surface area is 56.9 Å². The smallest absolute Gasteiger partial charge is 0.338 e. The number of hydrogen-bond acceptors (Lipinski definition) is 5. The quantitative estimate of drug-likeness (QED) is 0.362. The molecule has 3 atom stereocenters. The lowest BCUT2D eigenvalue weighted by atomic mass is 10.1. The van der Waals surface area contributed by atoms with Crippen LogP contribution in [0.1, 0.15) is 0 Å². The van der Waals surface area contributed by atoms with Gasteiger partial charge in [-0.05, 0) is 0 Å². The zero-order valence-electron chi connectivity index (χ0n) is 5.10. The molecule has 5 heteroatoms. The average molecular weight is 148 g/mol. The molecular weight excluding hydrogens is 140 g/mol. The van der Waals surface area contributed by atoms with Crippen LogP contribution in [0.25, 0.3) is 0 Å². The van der Waals surface area contributed by atoms with Crippen LogP contribution in [0, 0.1) is 0 Å². The van der Waals surface area contributed by atoms with Crippen LogP contribution in [0.15, 0.2) is 0 Å². The number of carbonyl (C=O) groups excluding carboxylic acids is 1. The zero-order chi connectivity index (χ0) is 7.72. The van der Waals surface area contributed by atoms with E-state index in [1.54, 1.807) is 0 Å². The fraction of sp³-hybridized carbons (Fsp3) is 0.800. The maximum absolute atomic E-state index is 10.4. The maximum atomic E-state index is 10.4. The predicted molar refractivity (Wildman–Crippen MR) is 29.0 cm³/mol. The van der Waals surface area contributed by atoms with Crippen LogP contribution in [0.5, 0.6) is 0 Å². The summed E-state index contributed by atoms with van der Waals surface area (Å²) in [7, 11) is 0. The number of ether oxygens (including phenoxy) is 1. The van der Waals surface area contributed by atoms with E-state index in [4.69, 9.17) is 15.3 Å². The first-order valence-electron chi connectivity index (χ1n) is 2.84. The van der Waals surface area contributed by atoms with Crippen molar-refractivity contribution >= 4 is 5.97 Å². The second-order valence-corrected chi connectivity index (χ2v) is 2.09. The van der Waals surface area contributed by atoms with Crippen LogP contribution in [0.3, 0.4) is 0 Å². The molecule has 0 amide bonds. The minimum atomic E-state index is -1.50. The third-order valence-corrected chi connectivity index (χ3v) is 1.39. The highest BCUT2D eigenvalue weighted by Crippen LogP contribution is 2.14. The summed E-state index contributed by atoms with van der Waals surface area (Å²) in [5, 5.41) is 26.0. The van der Waals surface area contributed by atoms with Gasteiger partial charge < -0.3 is 20.1 Å². The van der Waals surface area contributed by atoms with Gasteiger partial charge >= 0.3 is 5.97 Å². The van der Waals surface area contributed by atoms with Crippen LogP contribution in [-0.4, -0.2) is 46.2 Å². The third kappa shape index (κ3) is 0.985. The third-order valence-electron chi connectivity index (χ3n) is 1.39. The molecule has 1 fully saturated rings. The SMILES string of the molecule is O=C1O[C@H](CO)[C@@H](O)[C@H]1O. The molecule has 3 N–H and O–H groups in total. The van der Waals surface area contributed by atoms with Gasteiger partial charge in [0, 0.05) is 0 Å². The number of esters is 1. The van der Waals surface area contributed by atoms with Gasteiger partial charge in [0.05, 0.1) is 6.61 Å². The molecular formula is C5H8O5. The van der Waals surface area contributed by atoms with Gasteiger partial charge in [0.15, 0.2) is 12.2 Å². The topological polar surface area (TPSA) is 87.0 Å². The molecule has 0 aliphatic carbocycles. The predicted octanol–water partition coefficient (Wildman–Crippen LogP) is -2.37. The molecule has 0 radical (unpaired) electrons. The normalized spacial score (nSPS) is 39.9. The second-order valence-electron chi connectivity index (χ2n) is 2.09. The number of aliphatic hydroxyl groups is 3. The van der Waals surface area contributed by atoms with E-state index in [1.165, 1.54) is 0 Å². The Morgan fingerprint density at radius 3 is 2.30 bits per heavy atom. The van der Waals surface area contributed by atoms with Crippen molar-refractivity contribution in [3.8, 4) is 0 Å². The maximum Gasteiger partial charge on any atom is 0.338 e. The van der Waals surface area contributed by atoms with Gasteiger partial charge in [-0.15, -0.1) is 0 Å². The van der Waals surface area contributed by atoms with E-state index >= 15 is 0 Å². The zero-order valence-corrected chi connectivity index (χ0v) is 5.10. The first kappa shape index (κ1) is 7.46. The summed E-state index contributed by atoms with van der Waals surface area (Å²) in [4.78, 5) is 10.4. The summed E-state index contributed by atoms with van der Waals surface area (Å²) in [5.74, 6) is -0.883. The van der Waals surface area contributed by atoms with Gasteiger partial charge in [0.25, 0.3) is 0 Å². The van der Waals surface area contributed by atoms with Crippen LogP contribution in [0.4, 0.5) is 0 Å². The molecule has 0 aromatic rings. The number of cyclic esters (lactones) is 1. The molecule has 5 nitrogen and oxygen atoms in total. The van der Waals surface area contributed by atoms with E-state index in [0.717, 1.165) is 0 Å². The van der Waals surface area contributed by atoms with Crippen molar-refractivity contribution in [1.82, 2.24) is 0 Å². The summed E-state index contributed by atoms with van der Waals surface area (Å²) in [6.45, 7) is -0.468. The molecule has 0 aromatic heterocycles. The van der Waals surface area contributed by atoms with E-state index in [1.807, 2.05) is 0 Å². The van der Waals surface area contributed by atoms with Crippen molar-refractivity contribution in [1.29, 1.82) is 0 Å². The number of aliphatic hydroxyl groups excluding tert-OH is 3. The molecule has 1 aliphatic rings. The molecule has 0 bridgehead atoms. The lowest BCUT2D eigenvalue weighted by Gasteiger charge is -2.08. The van der Waals surface area contributed by atoms with Crippen molar-refractivity contribution in [3.05, 3.63) is 0 Å². The number of carbonyl (C=O) groups is 1. The number of hydrogen-bond donors (Lipinski definition) is 3. The van der Waals surface area contributed by atoms with Crippen molar-refractivity contribution in [3.63, 3.8) is 0 Å². The second kappa shape index (κ2) is 2.53. The summed E-state index contributed by atoms with van der Waals surface area (Å²) in [6, 6.07) is 0. The summed E-state index contributed by atoms with van der Waals surface area (Å²) in [5.41, 5.74) is 0. The molecule has 58 valence electrons. The Bertz CT molecular complexity index is 145. The van der Waals surface area contributed by atoms with Crippen LogP contribution in [-0.2, 0) is 9.53 Å². The van der Waals surface area contributed by atoms with Crippen LogP contribution < -0.4 is 0 Å². The fourth-order valence-electron chi connectivity index (χ4n) is 0.777. The Balaban J connectivity index is 2.61. The van der Waals surface area contributed by atoms with Crippen LogP contribution in [0.2, 0.25) is 0 Å². The fourth-order valence-corrected chi connectivity index (χ4v) is 0.777. The van der Waals surface area contributed by atoms with Gasteiger partial charge in [-0.1, -0.05) is 0 Å². The Kier molecular flexibility index (Phi) is 1.89. The molecule has 1 heterocycles. The monoisotopic (exact) mass is 148 g/mol. The molecule has 1 saturated heterocycles. The molecule has 1 aliphatic heterocycles. The van der Waals surface area contributed by atoms with Gasteiger partial charge in [-0.2, -0.15) is 0 Å². The molecule has 0 spiro atoms. The highest BCUT2D eigenvalue weighted by molar-refractivity contribution is 5.77. The summed E-state index contributed by atoms with van der Waals surface area (Å²) in [6.07, 6.45) is -3.77. The minimum absolute atomic E-state index is 0.468. The highest BCUT2D eigenvalue weighted by atomic mass is 16.6. The largest absolute Gasteiger partial charge is 0.455 e. The van der Waals surface area contributed by atoms with E-state index in [9.17, 15) is 4.79 Å². The van der Waals surface area contributed by atoms with E-state index in [2.05, 4.69) is 4.74 Å². The van der Waals surface area contributed by atoms with Crippen molar-refractivity contribution in [2.24, 2.45) is 0 Å². The van der Waals surface area contributed by atoms with Gasteiger partial charge in [-0.3, -0.25) is 0 Å². The van der Waals surface area contributed by atoms with E-state index in [0.29, 0.717) is 0 Å². The summed E-state index contributed by atoms with van der Waals surface area (Å²) >= 11 is 0. The first-order chi connectivity index (χ1) is 4.66. The van der Waals surface area contributed by atoms with E-state index < -0.39 is 30.9 Å². The molecule has 1 rings (SSSR count). The van der Waals surface area contributed by atoms with Crippen molar-refractivity contribution in [2.75, 3.05) is 6.61 Å². The first-order valence-corrected chi connectivity index (χ1v) is 2.84. The van der Waals surface area contributed by atoms with Crippen molar-refractivity contribution in [2.45, 2.75) is 18.3 Å². The van der Waals surface area contributed by atoms with Gasteiger partial charge in [-0.25, -0.2) is 4.79 Å². The van der Waals surface area contributed by atoms with Gasteiger partial charge in [0.2, 0.25) is 0 Å². The molecule has 0 aromatic carbocycles. The standard InChI is InChI=1S/C5H8O5/c6-1-2-3(7)4(8)5(9)10-2/h2-4,6-8H,1H2/t2-,3-,4-/m1/s1. The van der Waals surface area contributed by atoms with Gasteiger partial charge in [0.1, 0.15) is 6.10 Å². The lowest BCUT2D eigenvalue weighted by molar-refractivity contribution is -0.148. The molecule has 0 unspecified atom stereocenters. The Morgan fingerprint density at radius 1 is 1.50 bits per heavy atom. The van der Waals surface area contributed by atoms with Crippen LogP contribution >= 0.6 is 0 Å². The Hall–Kier alpha value is -0.650. The Morgan fingerprint density at radius 2 is 2.10 bits per heavy atom. The van der Waals surface area contributed by atoms with E-state index in [-0.39, 0.29) is 0 Å². The molecule has 0 saturated carbocycles. The highest BCUT2D eigenvalue weighted by Gasteiger charge is 2.41. The average Bonchev–Trinajstić information content (AvgIpc) is 2.17. The molecule has 10 heavy (non-hydrogen) atoms. The summed E-state index contributed by atoms with van der Waals surface area (Å²) < 4.78 is 4.35. The lowest BCUT2D eigenvalue weighted by Crippen LogP contribution is -2.32. The number of rotatable bonds is 1. The minimum Gasteiger partial charge on any atom is -0.455 e. The van der Waals surface area contributed by atoms with Crippen molar-refractivity contribution < 1.29 is 24.9 Å².